The summed E-state index contributed by atoms with van der Waals surface area (Å²) in [4.78, 5) is 11.2. The molecular formula is C33H36N2O4. The van der Waals surface area contributed by atoms with Gasteiger partial charge >= 0.3 is 0 Å². The van der Waals surface area contributed by atoms with Crippen LogP contribution in [-0.2, 0) is 17.8 Å². The van der Waals surface area contributed by atoms with Crippen molar-refractivity contribution in [2.75, 3.05) is 11.9 Å². The zero-order chi connectivity index (χ0) is 27.5. The van der Waals surface area contributed by atoms with Gasteiger partial charge in [-0.25, -0.2) is 0 Å². The van der Waals surface area contributed by atoms with Crippen LogP contribution in [0, 0.1) is 0 Å². The zero-order valence-corrected chi connectivity index (χ0v) is 22.2. The Bertz CT molecular complexity index is 1300. The average molecular weight is 525 g/mol. The highest BCUT2D eigenvalue weighted by Crippen LogP contribution is 2.30. The summed E-state index contributed by atoms with van der Waals surface area (Å²) in [6, 6.07) is 33.1. The van der Waals surface area contributed by atoms with Crippen molar-refractivity contribution in [3.63, 3.8) is 0 Å². The Morgan fingerprint density at radius 1 is 0.846 bits per heavy atom. The van der Waals surface area contributed by atoms with Gasteiger partial charge < -0.3 is 25.6 Å². The molecule has 0 saturated carbocycles. The third-order valence-corrected chi connectivity index (χ3v) is 6.83. The number of phenolic OH excluding ortho intramolecular Hbond substituents is 1. The number of nitrogens with one attached hydrogen (secondary N) is 2. The second-order valence-electron chi connectivity index (χ2n) is 9.83. The van der Waals surface area contributed by atoms with E-state index in [1.165, 1.54) is 11.1 Å². The van der Waals surface area contributed by atoms with E-state index >= 15 is 0 Å². The Labute approximate surface area is 230 Å². The number of benzene rings is 4. The number of ether oxygens (including phenoxy) is 1. The monoisotopic (exact) mass is 524 g/mol. The molecule has 0 bridgehead atoms. The van der Waals surface area contributed by atoms with E-state index in [-0.39, 0.29) is 17.7 Å². The van der Waals surface area contributed by atoms with E-state index in [4.69, 9.17) is 4.74 Å². The molecule has 1 amide bonds. The number of phenols is 1. The van der Waals surface area contributed by atoms with E-state index < -0.39 is 6.10 Å². The number of carbonyl (C=O) groups excluding carboxylic acids is 1. The van der Waals surface area contributed by atoms with Gasteiger partial charge in [-0.15, -0.1) is 0 Å². The van der Waals surface area contributed by atoms with Gasteiger partial charge in [0, 0.05) is 12.6 Å². The lowest BCUT2D eigenvalue weighted by molar-refractivity contribution is -0.105. The van der Waals surface area contributed by atoms with Crippen molar-refractivity contribution in [3.8, 4) is 11.5 Å². The number of anilines is 1. The van der Waals surface area contributed by atoms with Crippen molar-refractivity contribution < 1.29 is 19.7 Å². The first-order chi connectivity index (χ1) is 19.0. The van der Waals surface area contributed by atoms with E-state index in [1.54, 1.807) is 24.3 Å². The molecule has 4 N–H and O–H groups in total. The van der Waals surface area contributed by atoms with Crippen LogP contribution in [0.1, 0.15) is 47.6 Å². The normalized spacial score (nSPS) is 13.3. The molecule has 4 aromatic rings. The molecule has 4 rings (SSSR count). The van der Waals surface area contributed by atoms with Crippen molar-refractivity contribution in [1.82, 2.24) is 5.32 Å². The van der Waals surface area contributed by atoms with E-state index in [0.29, 0.717) is 36.6 Å². The number of hydrogen-bond donors (Lipinski definition) is 4. The molecule has 0 aromatic heterocycles. The smallest absolute Gasteiger partial charge is 0.211 e. The second kappa shape index (κ2) is 14.1. The molecule has 4 aromatic carbocycles. The molecule has 3 unspecified atom stereocenters. The fourth-order valence-electron chi connectivity index (χ4n) is 4.72. The van der Waals surface area contributed by atoms with Gasteiger partial charge in [-0.2, -0.15) is 0 Å². The zero-order valence-electron chi connectivity index (χ0n) is 22.2. The standard InChI is InChI=1S/C33H36N2O4/c1-24(18-29(19-25-8-4-2-5-9-25)27-12-15-30(37)16-13-27)34-21-32(38)28-14-17-33(31(20-28)35-23-36)39-22-26-10-6-3-7-11-26/h2-17,20,23-24,29,32,34,37-38H,18-19,21-22H2,1H3,(H,35,36). The summed E-state index contributed by atoms with van der Waals surface area (Å²) in [5, 5.41) is 26.8. The Balaban J connectivity index is 1.37. The lowest BCUT2D eigenvalue weighted by Crippen LogP contribution is -2.32. The SMILES string of the molecule is CC(CC(Cc1ccccc1)c1ccc(O)cc1)NCC(O)c1ccc(OCc2ccccc2)c(NC=O)c1. The van der Waals surface area contributed by atoms with Crippen LogP contribution in [0.25, 0.3) is 0 Å². The number of aliphatic hydroxyl groups is 1. The van der Waals surface area contributed by atoms with Crippen LogP contribution >= 0.6 is 0 Å². The van der Waals surface area contributed by atoms with Crippen LogP contribution in [0.2, 0.25) is 0 Å². The fourth-order valence-corrected chi connectivity index (χ4v) is 4.72. The number of rotatable bonds is 14. The Hall–Kier alpha value is -4.13. The summed E-state index contributed by atoms with van der Waals surface area (Å²) in [7, 11) is 0. The van der Waals surface area contributed by atoms with Crippen molar-refractivity contribution >= 4 is 12.1 Å². The fraction of sp³-hybridized carbons (Fsp3) is 0.242. The van der Waals surface area contributed by atoms with E-state index in [1.807, 2.05) is 66.7 Å². The van der Waals surface area contributed by atoms with Crippen LogP contribution in [-0.4, -0.2) is 29.2 Å². The Kier molecular flexibility index (Phi) is 10.1. The molecule has 0 spiro atoms. The van der Waals surface area contributed by atoms with Gasteiger partial charge in [-0.05, 0) is 72.2 Å². The lowest BCUT2D eigenvalue weighted by atomic mass is 9.87. The van der Waals surface area contributed by atoms with Crippen molar-refractivity contribution in [3.05, 3.63) is 125 Å². The minimum Gasteiger partial charge on any atom is -0.508 e. The number of hydrogen-bond acceptors (Lipinski definition) is 5. The molecule has 0 aliphatic rings. The molecule has 0 saturated heterocycles. The molecule has 0 aliphatic heterocycles. The van der Waals surface area contributed by atoms with Crippen LogP contribution in [0.3, 0.4) is 0 Å². The lowest BCUT2D eigenvalue weighted by Gasteiger charge is -2.24. The number of carbonyl (C=O) groups is 1. The second-order valence-corrected chi connectivity index (χ2v) is 9.83. The maximum atomic E-state index is 11.2. The summed E-state index contributed by atoms with van der Waals surface area (Å²) in [6.07, 6.45) is 1.59. The third kappa shape index (κ3) is 8.43. The van der Waals surface area contributed by atoms with Gasteiger partial charge in [0.25, 0.3) is 0 Å². The predicted octanol–water partition coefficient (Wildman–Crippen LogP) is 5.97. The predicted molar refractivity (Wildman–Crippen MR) is 155 cm³/mol. The highest BCUT2D eigenvalue weighted by molar-refractivity contribution is 5.76. The number of aliphatic hydroxyl groups excluding tert-OH is 1. The first kappa shape index (κ1) is 27.9. The average Bonchev–Trinajstić information content (AvgIpc) is 2.96. The summed E-state index contributed by atoms with van der Waals surface area (Å²) in [6.45, 7) is 2.85. The van der Waals surface area contributed by atoms with Gasteiger partial charge in [0.15, 0.2) is 0 Å². The number of aromatic hydroxyl groups is 1. The minimum atomic E-state index is -0.760. The van der Waals surface area contributed by atoms with Crippen LogP contribution < -0.4 is 15.4 Å². The van der Waals surface area contributed by atoms with Gasteiger partial charge in [0.2, 0.25) is 6.41 Å². The molecular weight excluding hydrogens is 488 g/mol. The first-order valence-corrected chi connectivity index (χ1v) is 13.3. The summed E-state index contributed by atoms with van der Waals surface area (Å²) < 4.78 is 5.92. The summed E-state index contributed by atoms with van der Waals surface area (Å²) in [5.74, 6) is 1.05. The quantitative estimate of drug-likeness (QED) is 0.153. The number of amides is 1. The molecule has 6 nitrogen and oxygen atoms in total. The summed E-state index contributed by atoms with van der Waals surface area (Å²) >= 11 is 0. The first-order valence-electron chi connectivity index (χ1n) is 13.3. The van der Waals surface area contributed by atoms with Gasteiger partial charge in [-0.3, -0.25) is 4.79 Å². The van der Waals surface area contributed by atoms with E-state index in [2.05, 4.69) is 29.7 Å². The molecule has 0 aliphatic carbocycles. The molecule has 3 atom stereocenters. The maximum Gasteiger partial charge on any atom is 0.211 e. The molecule has 0 heterocycles. The molecule has 6 heteroatoms. The highest BCUT2D eigenvalue weighted by atomic mass is 16.5. The van der Waals surface area contributed by atoms with E-state index in [0.717, 1.165) is 18.4 Å². The largest absolute Gasteiger partial charge is 0.508 e. The van der Waals surface area contributed by atoms with Gasteiger partial charge in [-0.1, -0.05) is 78.9 Å². The Morgan fingerprint density at radius 2 is 1.49 bits per heavy atom. The maximum absolute atomic E-state index is 11.2. The van der Waals surface area contributed by atoms with Crippen molar-refractivity contribution in [1.29, 1.82) is 0 Å². The molecule has 0 fully saturated rings. The van der Waals surface area contributed by atoms with Gasteiger partial charge in [0.05, 0.1) is 11.8 Å². The summed E-state index contributed by atoms with van der Waals surface area (Å²) in [5.41, 5.74) is 4.65. The Morgan fingerprint density at radius 3 is 2.15 bits per heavy atom. The van der Waals surface area contributed by atoms with Crippen LogP contribution in [0.15, 0.2) is 103 Å². The minimum absolute atomic E-state index is 0.128. The third-order valence-electron chi connectivity index (χ3n) is 6.83. The van der Waals surface area contributed by atoms with Gasteiger partial charge in [0.1, 0.15) is 18.1 Å². The van der Waals surface area contributed by atoms with Crippen LogP contribution in [0.5, 0.6) is 11.5 Å². The molecule has 202 valence electrons. The van der Waals surface area contributed by atoms with Crippen molar-refractivity contribution in [2.45, 2.75) is 44.4 Å². The molecule has 0 radical (unpaired) electrons. The highest BCUT2D eigenvalue weighted by Gasteiger charge is 2.18. The van der Waals surface area contributed by atoms with Crippen molar-refractivity contribution in [2.24, 2.45) is 0 Å². The molecule has 39 heavy (non-hydrogen) atoms. The topological polar surface area (TPSA) is 90.8 Å². The van der Waals surface area contributed by atoms with E-state index in [9.17, 15) is 15.0 Å². The van der Waals surface area contributed by atoms with Crippen LogP contribution in [0.4, 0.5) is 5.69 Å².